The molecule has 0 bridgehead atoms. The first-order chi connectivity index (χ1) is 8.85. The van der Waals surface area contributed by atoms with Gasteiger partial charge in [0.2, 0.25) is 0 Å². The Kier molecular flexibility index (Phi) is 6.01. The van der Waals surface area contributed by atoms with Crippen LogP contribution in [0.3, 0.4) is 0 Å². The molecule has 1 heterocycles. The minimum atomic E-state index is 0.205. The van der Waals surface area contributed by atoms with E-state index in [9.17, 15) is 0 Å². The Morgan fingerprint density at radius 1 is 1.11 bits per heavy atom. The van der Waals surface area contributed by atoms with Gasteiger partial charge in [-0.1, -0.05) is 0 Å². The summed E-state index contributed by atoms with van der Waals surface area (Å²) >= 11 is 0. The van der Waals surface area contributed by atoms with Crippen LogP contribution in [-0.4, -0.2) is 35.0 Å². The van der Waals surface area contributed by atoms with Crippen LogP contribution in [0.4, 0.5) is 0 Å². The van der Waals surface area contributed by atoms with Crippen molar-refractivity contribution in [2.75, 3.05) is 19.6 Å². The summed E-state index contributed by atoms with van der Waals surface area (Å²) in [4.78, 5) is 0. The molecule has 2 N–H and O–H groups in total. The number of nitrogens with zero attached hydrogens (tertiary/aromatic N) is 2. The van der Waals surface area contributed by atoms with E-state index in [0.29, 0.717) is 0 Å². The van der Waals surface area contributed by atoms with Gasteiger partial charge < -0.3 is 10.6 Å². The third-order valence-corrected chi connectivity index (χ3v) is 3.34. The zero-order valence-electron chi connectivity index (χ0n) is 13.4. The maximum atomic E-state index is 4.55. The van der Waals surface area contributed by atoms with E-state index >= 15 is 0 Å². The van der Waals surface area contributed by atoms with Gasteiger partial charge in [0.05, 0.1) is 5.69 Å². The van der Waals surface area contributed by atoms with Gasteiger partial charge in [-0.3, -0.25) is 4.68 Å². The number of hydrogen-bond acceptors (Lipinski definition) is 3. The Morgan fingerprint density at radius 2 is 1.79 bits per heavy atom. The summed E-state index contributed by atoms with van der Waals surface area (Å²) in [6, 6.07) is 0. The minimum absolute atomic E-state index is 0.205. The highest BCUT2D eigenvalue weighted by Crippen LogP contribution is 2.13. The van der Waals surface area contributed by atoms with Crippen LogP contribution < -0.4 is 10.6 Å². The average Bonchev–Trinajstić information content (AvgIpc) is 2.58. The summed E-state index contributed by atoms with van der Waals surface area (Å²) in [5.74, 6) is 0. The molecular weight excluding hydrogens is 236 g/mol. The van der Waals surface area contributed by atoms with Crippen molar-refractivity contribution in [2.24, 2.45) is 0 Å². The number of nitrogens with one attached hydrogen (secondary N) is 2. The first-order valence-corrected chi connectivity index (χ1v) is 7.33. The second-order valence-electron chi connectivity index (χ2n) is 6.14. The molecule has 0 aliphatic heterocycles. The van der Waals surface area contributed by atoms with Crippen molar-refractivity contribution in [3.63, 3.8) is 0 Å². The van der Waals surface area contributed by atoms with E-state index in [1.54, 1.807) is 0 Å². The van der Waals surface area contributed by atoms with Crippen molar-refractivity contribution < 1.29 is 0 Å². The summed E-state index contributed by atoms with van der Waals surface area (Å²) in [6.45, 7) is 17.0. The lowest BCUT2D eigenvalue weighted by molar-refractivity contribution is 0.422. The van der Waals surface area contributed by atoms with Gasteiger partial charge in [-0.25, -0.2) is 0 Å². The monoisotopic (exact) mass is 266 g/mol. The van der Waals surface area contributed by atoms with Gasteiger partial charge in [-0.05, 0) is 60.1 Å². The first-order valence-electron chi connectivity index (χ1n) is 7.33. The van der Waals surface area contributed by atoms with Crippen molar-refractivity contribution in [3.8, 4) is 0 Å². The van der Waals surface area contributed by atoms with Crippen molar-refractivity contribution in [3.05, 3.63) is 17.0 Å². The number of hydrogen-bond donors (Lipinski definition) is 2. The van der Waals surface area contributed by atoms with E-state index < -0.39 is 0 Å². The van der Waals surface area contributed by atoms with E-state index in [4.69, 9.17) is 0 Å². The zero-order chi connectivity index (χ0) is 14.5. The number of aromatic nitrogens is 2. The van der Waals surface area contributed by atoms with Gasteiger partial charge in [0.15, 0.2) is 0 Å². The zero-order valence-corrected chi connectivity index (χ0v) is 13.4. The summed E-state index contributed by atoms with van der Waals surface area (Å²) in [5, 5.41) is 11.5. The predicted molar refractivity (Wildman–Crippen MR) is 81.7 cm³/mol. The van der Waals surface area contributed by atoms with Gasteiger partial charge in [0.1, 0.15) is 0 Å². The van der Waals surface area contributed by atoms with Crippen LogP contribution in [0.25, 0.3) is 0 Å². The third kappa shape index (κ3) is 5.33. The van der Waals surface area contributed by atoms with Crippen LogP contribution in [0.1, 0.15) is 44.6 Å². The molecule has 0 saturated heterocycles. The van der Waals surface area contributed by atoms with Gasteiger partial charge in [0.25, 0.3) is 0 Å². The fraction of sp³-hybridized carbons (Fsp3) is 0.800. The van der Waals surface area contributed by atoms with Gasteiger partial charge in [-0.2, -0.15) is 5.10 Å². The molecule has 1 aromatic rings. The molecule has 0 spiro atoms. The van der Waals surface area contributed by atoms with Crippen molar-refractivity contribution in [1.82, 2.24) is 20.4 Å². The quantitative estimate of drug-likeness (QED) is 0.742. The molecule has 0 atom stereocenters. The number of aryl methyl sites for hydroxylation is 2. The van der Waals surface area contributed by atoms with Crippen molar-refractivity contribution >= 4 is 0 Å². The molecular formula is C15H30N4. The van der Waals surface area contributed by atoms with Crippen LogP contribution in [0, 0.1) is 13.8 Å². The first kappa shape index (κ1) is 16.2. The maximum Gasteiger partial charge on any atom is 0.0628 e. The third-order valence-electron chi connectivity index (χ3n) is 3.34. The lowest BCUT2D eigenvalue weighted by Gasteiger charge is -2.20. The van der Waals surface area contributed by atoms with E-state index in [1.165, 1.54) is 17.0 Å². The van der Waals surface area contributed by atoms with Crippen molar-refractivity contribution in [1.29, 1.82) is 0 Å². The van der Waals surface area contributed by atoms with Crippen LogP contribution in [0.5, 0.6) is 0 Å². The molecule has 1 aromatic heterocycles. The average molecular weight is 266 g/mol. The van der Waals surface area contributed by atoms with Gasteiger partial charge in [-0.15, -0.1) is 0 Å². The summed E-state index contributed by atoms with van der Waals surface area (Å²) in [7, 11) is 0. The van der Waals surface area contributed by atoms with Crippen LogP contribution in [0.15, 0.2) is 0 Å². The SMILES string of the molecule is CCn1nc(C)c(CCNCCNC(C)(C)C)c1C. The standard InChI is InChI=1S/C15H30N4/c1-7-19-13(3)14(12(2)18-19)8-9-16-10-11-17-15(4,5)6/h16-17H,7-11H2,1-6H3. The highest BCUT2D eigenvalue weighted by molar-refractivity contribution is 5.24. The second-order valence-corrected chi connectivity index (χ2v) is 6.14. The predicted octanol–water partition coefficient (Wildman–Crippen LogP) is 2.04. The highest BCUT2D eigenvalue weighted by atomic mass is 15.3. The summed E-state index contributed by atoms with van der Waals surface area (Å²) < 4.78 is 2.09. The smallest absolute Gasteiger partial charge is 0.0628 e. The van der Waals surface area contributed by atoms with Crippen LogP contribution >= 0.6 is 0 Å². The lowest BCUT2D eigenvalue weighted by atomic mass is 10.1. The molecule has 0 aliphatic rings. The molecule has 0 amide bonds. The molecule has 19 heavy (non-hydrogen) atoms. The highest BCUT2D eigenvalue weighted by Gasteiger charge is 2.10. The second kappa shape index (κ2) is 7.06. The molecule has 0 unspecified atom stereocenters. The van der Waals surface area contributed by atoms with E-state index in [0.717, 1.165) is 32.6 Å². The van der Waals surface area contributed by atoms with E-state index in [2.05, 4.69) is 62.0 Å². The van der Waals surface area contributed by atoms with Gasteiger partial charge in [0, 0.05) is 30.9 Å². The van der Waals surface area contributed by atoms with Crippen LogP contribution in [-0.2, 0) is 13.0 Å². The maximum absolute atomic E-state index is 4.55. The molecule has 0 fully saturated rings. The normalized spacial score (nSPS) is 12.1. The van der Waals surface area contributed by atoms with Crippen LogP contribution in [0.2, 0.25) is 0 Å². The van der Waals surface area contributed by atoms with E-state index in [1.807, 2.05) is 0 Å². The Morgan fingerprint density at radius 3 is 2.32 bits per heavy atom. The fourth-order valence-electron chi connectivity index (χ4n) is 2.27. The molecule has 1 rings (SSSR count). The molecule has 110 valence electrons. The summed E-state index contributed by atoms with van der Waals surface area (Å²) in [5.41, 5.74) is 4.10. The molecule has 4 heteroatoms. The lowest BCUT2D eigenvalue weighted by Crippen LogP contribution is -2.40. The fourth-order valence-corrected chi connectivity index (χ4v) is 2.27. The van der Waals surface area contributed by atoms with E-state index in [-0.39, 0.29) is 5.54 Å². The molecule has 0 aromatic carbocycles. The summed E-state index contributed by atoms with van der Waals surface area (Å²) in [6.07, 6.45) is 1.06. The Hall–Kier alpha value is -0.870. The Bertz CT molecular complexity index is 388. The topological polar surface area (TPSA) is 41.9 Å². The minimum Gasteiger partial charge on any atom is -0.315 e. The molecule has 4 nitrogen and oxygen atoms in total. The van der Waals surface area contributed by atoms with Crippen molar-refractivity contribution in [2.45, 2.75) is 60.0 Å². The molecule has 0 radical (unpaired) electrons. The molecule has 0 saturated carbocycles. The number of rotatable bonds is 7. The Labute approximate surface area is 118 Å². The van der Waals surface area contributed by atoms with Gasteiger partial charge >= 0.3 is 0 Å². The Balaban J connectivity index is 2.28. The largest absolute Gasteiger partial charge is 0.315 e. The molecule has 0 aliphatic carbocycles.